The number of hydrogen-bond acceptors (Lipinski definition) is 3. The number of nitrogens with one attached hydrogen (secondary N) is 1. The van der Waals surface area contributed by atoms with Crippen molar-refractivity contribution in [2.45, 2.75) is 25.8 Å². The van der Waals surface area contributed by atoms with Crippen molar-refractivity contribution in [1.29, 1.82) is 0 Å². The molecule has 0 bridgehead atoms. The highest BCUT2D eigenvalue weighted by atomic mass is 16.5. The molecular weight excluding hydrogens is 300 g/mol. The van der Waals surface area contributed by atoms with Crippen molar-refractivity contribution in [3.05, 3.63) is 54.6 Å². The van der Waals surface area contributed by atoms with Gasteiger partial charge in [0.2, 0.25) is 0 Å². The average Bonchev–Trinajstić information content (AvgIpc) is 3.45. The third-order valence-corrected chi connectivity index (χ3v) is 4.59. The number of anilines is 2. The van der Waals surface area contributed by atoms with Gasteiger partial charge in [-0.1, -0.05) is 18.2 Å². The van der Waals surface area contributed by atoms with E-state index in [-0.39, 0.29) is 12.5 Å². The molecule has 1 saturated carbocycles. The van der Waals surface area contributed by atoms with E-state index in [0.29, 0.717) is 17.7 Å². The number of ether oxygens (including phenoxy) is 1. The van der Waals surface area contributed by atoms with Crippen molar-refractivity contribution in [2.75, 3.05) is 19.0 Å². The molecule has 2 aromatic carbocycles. The van der Waals surface area contributed by atoms with Gasteiger partial charge in [0, 0.05) is 24.5 Å². The Labute approximate surface area is 143 Å². The van der Waals surface area contributed by atoms with Crippen molar-refractivity contribution < 1.29 is 9.53 Å². The van der Waals surface area contributed by atoms with Crippen molar-refractivity contribution in [3.63, 3.8) is 0 Å². The molecule has 0 spiro atoms. The van der Waals surface area contributed by atoms with Crippen LogP contribution in [0.2, 0.25) is 0 Å². The van der Waals surface area contributed by atoms with Crippen LogP contribution in [0, 0.1) is 5.92 Å². The largest absolute Gasteiger partial charge is 0.484 e. The maximum atomic E-state index is 12.2. The van der Waals surface area contributed by atoms with Gasteiger partial charge in [0.25, 0.3) is 5.91 Å². The van der Waals surface area contributed by atoms with Crippen molar-refractivity contribution in [1.82, 2.24) is 4.90 Å². The topological polar surface area (TPSA) is 41.6 Å². The summed E-state index contributed by atoms with van der Waals surface area (Å²) in [7, 11) is 1.86. The molecule has 1 aliphatic rings. The van der Waals surface area contributed by atoms with Crippen LogP contribution in [0.1, 0.15) is 19.8 Å². The lowest BCUT2D eigenvalue weighted by molar-refractivity contribution is -0.134. The van der Waals surface area contributed by atoms with Crippen molar-refractivity contribution in [2.24, 2.45) is 5.92 Å². The Morgan fingerprint density at radius 3 is 2.38 bits per heavy atom. The molecule has 0 saturated heterocycles. The van der Waals surface area contributed by atoms with E-state index < -0.39 is 0 Å². The second-order valence-electron chi connectivity index (χ2n) is 6.39. The monoisotopic (exact) mass is 324 g/mol. The molecule has 1 fully saturated rings. The molecule has 0 radical (unpaired) electrons. The van der Waals surface area contributed by atoms with E-state index in [0.717, 1.165) is 11.4 Å². The van der Waals surface area contributed by atoms with Crippen LogP contribution in [0.3, 0.4) is 0 Å². The normalized spacial score (nSPS) is 14.8. The van der Waals surface area contributed by atoms with Gasteiger partial charge in [-0.2, -0.15) is 0 Å². The molecule has 0 aromatic heterocycles. The maximum Gasteiger partial charge on any atom is 0.260 e. The van der Waals surface area contributed by atoms with Crippen LogP contribution >= 0.6 is 0 Å². The van der Waals surface area contributed by atoms with Crippen LogP contribution in [-0.2, 0) is 4.79 Å². The first kappa shape index (κ1) is 16.4. The summed E-state index contributed by atoms with van der Waals surface area (Å²) in [4.78, 5) is 14.0. The summed E-state index contributed by atoms with van der Waals surface area (Å²) in [5.74, 6) is 1.40. The number of amides is 1. The average molecular weight is 324 g/mol. The first-order valence-corrected chi connectivity index (χ1v) is 8.44. The van der Waals surface area contributed by atoms with Crippen LogP contribution in [0.15, 0.2) is 54.6 Å². The molecule has 2 aromatic rings. The van der Waals surface area contributed by atoms with Gasteiger partial charge in [-0.25, -0.2) is 0 Å². The Morgan fingerprint density at radius 1 is 1.12 bits per heavy atom. The van der Waals surface area contributed by atoms with Crippen molar-refractivity contribution in [3.8, 4) is 5.75 Å². The van der Waals surface area contributed by atoms with Crippen LogP contribution in [0.5, 0.6) is 5.75 Å². The number of carbonyl (C=O) groups is 1. The zero-order valence-electron chi connectivity index (χ0n) is 14.2. The lowest BCUT2D eigenvalue weighted by Gasteiger charge is -2.24. The van der Waals surface area contributed by atoms with Gasteiger partial charge in [-0.15, -0.1) is 0 Å². The van der Waals surface area contributed by atoms with Gasteiger partial charge in [-0.05, 0) is 62.1 Å². The summed E-state index contributed by atoms with van der Waals surface area (Å²) in [6, 6.07) is 18.0. The smallest absolute Gasteiger partial charge is 0.260 e. The molecule has 24 heavy (non-hydrogen) atoms. The van der Waals surface area contributed by atoms with Gasteiger partial charge in [0.15, 0.2) is 6.61 Å². The molecule has 0 aliphatic heterocycles. The molecule has 3 rings (SSSR count). The molecular formula is C20H24N2O2. The van der Waals surface area contributed by atoms with E-state index in [1.165, 1.54) is 12.8 Å². The Kier molecular flexibility index (Phi) is 5.04. The first-order chi connectivity index (χ1) is 11.6. The van der Waals surface area contributed by atoms with E-state index in [1.54, 1.807) is 0 Å². The molecule has 1 N–H and O–H groups in total. The summed E-state index contributed by atoms with van der Waals surface area (Å²) < 4.78 is 5.63. The predicted octanol–water partition coefficient (Wildman–Crippen LogP) is 4.07. The highest BCUT2D eigenvalue weighted by molar-refractivity contribution is 5.77. The minimum atomic E-state index is 0.0286. The zero-order valence-corrected chi connectivity index (χ0v) is 14.2. The summed E-state index contributed by atoms with van der Waals surface area (Å²) in [6.45, 7) is 2.19. The third kappa shape index (κ3) is 4.28. The minimum Gasteiger partial charge on any atom is -0.484 e. The van der Waals surface area contributed by atoms with Gasteiger partial charge < -0.3 is 15.0 Å². The van der Waals surface area contributed by atoms with Crippen LogP contribution in [0.25, 0.3) is 0 Å². The number of hydrogen-bond donors (Lipinski definition) is 1. The predicted molar refractivity (Wildman–Crippen MR) is 96.6 cm³/mol. The first-order valence-electron chi connectivity index (χ1n) is 8.44. The fraction of sp³-hybridized carbons (Fsp3) is 0.350. The number of nitrogens with zero attached hydrogens (tertiary/aromatic N) is 1. The van der Waals surface area contributed by atoms with Gasteiger partial charge in [0.05, 0.1) is 0 Å². The summed E-state index contributed by atoms with van der Waals surface area (Å²) in [5.41, 5.74) is 2.02. The third-order valence-electron chi connectivity index (χ3n) is 4.59. The van der Waals surface area contributed by atoms with E-state index in [9.17, 15) is 4.79 Å². The number of benzene rings is 2. The Balaban J connectivity index is 1.50. The van der Waals surface area contributed by atoms with E-state index >= 15 is 0 Å². The number of para-hydroxylation sites is 1. The summed E-state index contributed by atoms with van der Waals surface area (Å²) in [5, 5.41) is 3.32. The lowest BCUT2D eigenvalue weighted by atomic mass is 10.2. The lowest BCUT2D eigenvalue weighted by Crippen LogP contribution is -2.39. The standard InChI is InChI=1S/C20H24N2O2/c1-15(16-8-9-16)22(2)20(23)14-24-19-12-10-18(11-13-19)21-17-6-4-3-5-7-17/h3-7,10-13,15-16,21H,8-9,14H2,1-2H3. The van der Waals surface area contributed by atoms with E-state index in [1.807, 2.05) is 66.5 Å². The Bertz CT molecular complexity index is 666. The van der Waals surface area contributed by atoms with Gasteiger partial charge >= 0.3 is 0 Å². The van der Waals surface area contributed by atoms with E-state index in [4.69, 9.17) is 4.74 Å². The maximum absolute atomic E-state index is 12.2. The molecule has 1 atom stereocenters. The Morgan fingerprint density at radius 2 is 1.75 bits per heavy atom. The second kappa shape index (κ2) is 7.39. The quantitative estimate of drug-likeness (QED) is 0.835. The van der Waals surface area contributed by atoms with Crippen molar-refractivity contribution >= 4 is 17.3 Å². The summed E-state index contributed by atoms with van der Waals surface area (Å²) >= 11 is 0. The summed E-state index contributed by atoms with van der Waals surface area (Å²) in [6.07, 6.45) is 2.46. The Hall–Kier alpha value is -2.49. The molecule has 126 valence electrons. The highest BCUT2D eigenvalue weighted by Crippen LogP contribution is 2.34. The molecule has 4 heteroatoms. The second-order valence-corrected chi connectivity index (χ2v) is 6.39. The van der Waals surface area contributed by atoms with Crippen LogP contribution < -0.4 is 10.1 Å². The SMILES string of the molecule is CC(C1CC1)N(C)C(=O)COc1ccc(Nc2ccccc2)cc1. The van der Waals surface area contributed by atoms with Crippen LogP contribution in [-0.4, -0.2) is 30.5 Å². The van der Waals surface area contributed by atoms with Gasteiger partial charge in [-0.3, -0.25) is 4.79 Å². The molecule has 1 aliphatic carbocycles. The van der Waals surface area contributed by atoms with Crippen LogP contribution in [0.4, 0.5) is 11.4 Å². The van der Waals surface area contributed by atoms with Gasteiger partial charge in [0.1, 0.15) is 5.75 Å². The minimum absolute atomic E-state index is 0.0286. The molecule has 1 amide bonds. The highest BCUT2D eigenvalue weighted by Gasteiger charge is 2.32. The molecule has 4 nitrogen and oxygen atoms in total. The van der Waals surface area contributed by atoms with E-state index in [2.05, 4.69) is 12.2 Å². The fourth-order valence-corrected chi connectivity index (χ4v) is 2.69. The zero-order chi connectivity index (χ0) is 16.9. The molecule has 0 heterocycles. The fourth-order valence-electron chi connectivity index (χ4n) is 2.69. The number of carbonyl (C=O) groups excluding carboxylic acids is 1. The molecule has 1 unspecified atom stereocenters. The number of likely N-dealkylation sites (N-methyl/N-ethyl adjacent to an activating group) is 1. The number of rotatable bonds is 7.